The minimum atomic E-state index is -1.43. The predicted molar refractivity (Wildman–Crippen MR) is 50.7 cm³/mol. The molecular weight excluding hydrogens is 295 g/mol. The summed E-state index contributed by atoms with van der Waals surface area (Å²) >= 11 is 1.52. The number of hydrogen-bond acceptors (Lipinski definition) is 1. The van der Waals surface area contributed by atoms with Crippen LogP contribution in [0.1, 0.15) is 0 Å². The van der Waals surface area contributed by atoms with Gasteiger partial charge in [-0.25, -0.2) is 13.6 Å². The van der Waals surface area contributed by atoms with Crippen molar-refractivity contribution in [3.63, 3.8) is 0 Å². The smallest absolute Gasteiger partial charge is 0.409 e. The van der Waals surface area contributed by atoms with Crippen LogP contribution in [0.3, 0.4) is 0 Å². The molecular formula is C7H4F2INO2. The Morgan fingerprint density at radius 2 is 1.92 bits per heavy atom. The third-order valence-corrected chi connectivity index (χ3v) is 2.33. The molecule has 1 rings (SSSR count). The molecule has 0 aliphatic rings. The van der Waals surface area contributed by atoms with Crippen LogP contribution in [0.4, 0.5) is 19.3 Å². The topological polar surface area (TPSA) is 49.3 Å². The Labute approximate surface area is 85.9 Å². The fourth-order valence-corrected chi connectivity index (χ4v) is 1.32. The van der Waals surface area contributed by atoms with E-state index in [2.05, 4.69) is 0 Å². The van der Waals surface area contributed by atoms with Crippen LogP contribution in [-0.4, -0.2) is 11.2 Å². The van der Waals surface area contributed by atoms with Gasteiger partial charge in [0, 0.05) is 0 Å². The summed E-state index contributed by atoms with van der Waals surface area (Å²) in [6.07, 6.45) is -1.43. The molecule has 0 bridgehead atoms. The van der Waals surface area contributed by atoms with Gasteiger partial charge in [-0.15, -0.1) is 0 Å². The van der Waals surface area contributed by atoms with Crippen molar-refractivity contribution in [3.05, 3.63) is 27.3 Å². The predicted octanol–water partition coefficient (Wildman–Crippen LogP) is 2.66. The number of halogens is 3. The molecule has 0 fully saturated rings. The minimum Gasteiger partial charge on any atom is -0.465 e. The van der Waals surface area contributed by atoms with E-state index in [4.69, 9.17) is 5.11 Å². The summed E-state index contributed by atoms with van der Waals surface area (Å²) in [5, 5.41) is 10.1. The number of carbonyl (C=O) groups is 1. The largest absolute Gasteiger partial charge is 0.465 e. The SMILES string of the molecule is O=C(O)Nc1c(F)ccc(F)c1I. The van der Waals surface area contributed by atoms with Crippen molar-refractivity contribution in [2.24, 2.45) is 0 Å². The lowest BCUT2D eigenvalue weighted by atomic mass is 10.3. The number of anilines is 1. The fourth-order valence-electron chi connectivity index (χ4n) is 0.749. The summed E-state index contributed by atoms with van der Waals surface area (Å²) in [6.45, 7) is 0. The molecule has 6 heteroatoms. The zero-order valence-corrected chi connectivity index (χ0v) is 8.30. The van der Waals surface area contributed by atoms with Crippen molar-refractivity contribution in [2.45, 2.75) is 0 Å². The van der Waals surface area contributed by atoms with E-state index in [-0.39, 0.29) is 9.26 Å². The quantitative estimate of drug-likeness (QED) is 0.618. The van der Waals surface area contributed by atoms with Gasteiger partial charge in [-0.3, -0.25) is 5.32 Å². The van der Waals surface area contributed by atoms with Crippen molar-refractivity contribution in [2.75, 3.05) is 5.32 Å². The van der Waals surface area contributed by atoms with Gasteiger partial charge in [0.25, 0.3) is 0 Å². The Bertz CT molecular complexity index is 357. The third-order valence-electron chi connectivity index (χ3n) is 1.28. The standard InChI is InChI=1S/C7H4F2INO2/c8-3-1-2-4(9)6(5(3)10)11-7(12)13/h1-2,11H,(H,12,13). The number of nitrogens with one attached hydrogen (secondary N) is 1. The van der Waals surface area contributed by atoms with Crippen molar-refractivity contribution >= 4 is 34.4 Å². The molecule has 0 radical (unpaired) electrons. The highest BCUT2D eigenvalue weighted by atomic mass is 127. The Hall–Kier alpha value is -0.920. The lowest BCUT2D eigenvalue weighted by Gasteiger charge is -2.05. The van der Waals surface area contributed by atoms with E-state index in [0.717, 1.165) is 12.1 Å². The van der Waals surface area contributed by atoms with Crippen molar-refractivity contribution in [1.29, 1.82) is 0 Å². The summed E-state index contributed by atoms with van der Waals surface area (Å²) in [7, 11) is 0. The molecule has 3 nitrogen and oxygen atoms in total. The number of benzene rings is 1. The Morgan fingerprint density at radius 1 is 1.38 bits per heavy atom. The van der Waals surface area contributed by atoms with Gasteiger partial charge in [-0.05, 0) is 34.7 Å². The highest BCUT2D eigenvalue weighted by molar-refractivity contribution is 14.1. The monoisotopic (exact) mass is 299 g/mol. The zero-order chi connectivity index (χ0) is 10.0. The molecule has 1 amide bonds. The molecule has 1 aromatic rings. The van der Waals surface area contributed by atoms with Gasteiger partial charge in [0.2, 0.25) is 0 Å². The highest BCUT2D eigenvalue weighted by Gasteiger charge is 2.12. The normalized spacial score (nSPS) is 9.77. The molecule has 0 spiro atoms. The second-order valence-corrected chi connectivity index (χ2v) is 3.23. The third kappa shape index (κ3) is 2.27. The average molecular weight is 299 g/mol. The lowest BCUT2D eigenvalue weighted by Crippen LogP contribution is -2.11. The lowest BCUT2D eigenvalue weighted by molar-refractivity contribution is 0.209. The molecule has 70 valence electrons. The van der Waals surface area contributed by atoms with Crippen LogP contribution >= 0.6 is 22.6 Å². The number of rotatable bonds is 1. The minimum absolute atomic E-state index is 0.0833. The molecule has 0 saturated heterocycles. The highest BCUT2D eigenvalue weighted by Crippen LogP contribution is 2.24. The van der Waals surface area contributed by atoms with E-state index < -0.39 is 17.7 Å². The first-order chi connectivity index (χ1) is 6.02. The summed E-state index contributed by atoms with van der Waals surface area (Å²) in [6, 6.07) is 1.80. The molecule has 0 atom stereocenters. The van der Waals surface area contributed by atoms with Gasteiger partial charge < -0.3 is 5.11 Å². The molecule has 0 aliphatic heterocycles. The number of carboxylic acid groups (broad SMARTS) is 1. The van der Waals surface area contributed by atoms with Crippen LogP contribution in [-0.2, 0) is 0 Å². The molecule has 0 heterocycles. The van der Waals surface area contributed by atoms with Crippen LogP contribution in [0.25, 0.3) is 0 Å². The first-order valence-corrected chi connectivity index (χ1v) is 4.23. The first kappa shape index (κ1) is 10.2. The zero-order valence-electron chi connectivity index (χ0n) is 6.14. The summed E-state index contributed by atoms with van der Waals surface area (Å²) in [5.74, 6) is -1.46. The molecule has 0 aliphatic carbocycles. The van der Waals surface area contributed by atoms with Crippen molar-refractivity contribution in [1.82, 2.24) is 0 Å². The van der Waals surface area contributed by atoms with Crippen molar-refractivity contribution < 1.29 is 18.7 Å². The molecule has 0 aromatic heterocycles. The Kier molecular flexibility index (Phi) is 3.02. The van der Waals surface area contributed by atoms with Crippen LogP contribution in [0.5, 0.6) is 0 Å². The Morgan fingerprint density at radius 3 is 2.46 bits per heavy atom. The van der Waals surface area contributed by atoms with Gasteiger partial charge >= 0.3 is 6.09 Å². The first-order valence-electron chi connectivity index (χ1n) is 3.16. The summed E-state index contributed by atoms with van der Waals surface area (Å²) < 4.78 is 25.6. The van der Waals surface area contributed by atoms with Crippen LogP contribution in [0.2, 0.25) is 0 Å². The maximum absolute atomic E-state index is 12.9. The number of hydrogen-bond donors (Lipinski definition) is 2. The molecule has 0 unspecified atom stereocenters. The molecule has 2 N–H and O–H groups in total. The van der Waals surface area contributed by atoms with E-state index in [1.165, 1.54) is 22.6 Å². The molecule has 1 aromatic carbocycles. The molecule has 13 heavy (non-hydrogen) atoms. The Balaban J connectivity index is 3.17. The van der Waals surface area contributed by atoms with Gasteiger partial charge in [-0.2, -0.15) is 0 Å². The van der Waals surface area contributed by atoms with E-state index >= 15 is 0 Å². The summed E-state index contributed by atoms with van der Waals surface area (Å²) in [5.41, 5.74) is -0.354. The van der Waals surface area contributed by atoms with Crippen molar-refractivity contribution in [3.8, 4) is 0 Å². The molecule has 0 saturated carbocycles. The van der Waals surface area contributed by atoms with Gasteiger partial charge in [0.1, 0.15) is 11.6 Å². The van der Waals surface area contributed by atoms with Gasteiger partial charge in [0.05, 0.1) is 9.26 Å². The second kappa shape index (κ2) is 3.86. The number of amides is 1. The van der Waals surface area contributed by atoms with E-state index in [1.807, 2.05) is 0 Å². The van der Waals surface area contributed by atoms with E-state index in [1.54, 1.807) is 5.32 Å². The van der Waals surface area contributed by atoms with Gasteiger partial charge in [-0.1, -0.05) is 0 Å². The van der Waals surface area contributed by atoms with Crippen LogP contribution in [0, 0.1) is 15.2 Å². The van der Waals surface area contributed by atoms with E-state index in [9.17, 15) is 13.6 Å². The van der Waals surface area contributed by atoms with Crippen LogP contribution < -0.4 is 5.32 Å². The van der Waals surface area contributed by atoms with E-state index in [0.29, 0.717) is 0 Å². The average Bonchev–Trinajstić information content (AvgIpc) is 2.05. The van der Waals surface area contributed by atoms with Crippen LogP contribution in [0.15, 0.2) is 12.1 Å². The maximum Gasteiger partial charge on any atom is 0.409 e. The fraction of sp³-hybridized carbons (Fsp3) is 0. The summed E-state index contributed by atoms with van der Waals surface area (Å²) in [4.78, 5) is 10.2. The second-order valence-electron chi connectivity index (χ2n) is 2.15. The maximum atomic E-state index is 12.9. The van der Waals surface area contributed by atoms with Gasteiger partial charge in [0.15, 0.2) is 0 Å².